The maximum absolute atomic E-state index is 12.0. The summed E-state index contributed by atoms with van der Waals surface area (Å²) in [7, 11) is 1.54. The van der Waals surface area contributed by atoms with Crippen LogP contribution in [0.15, 0.2) is 24.3 Å². The standard InChI is InChI=1S/C15H22N2O2.ClH/c1-15(2)8-13(10-6-4-5-7-11(10)15)17-14(18)12(16)9-19-3;/h4-7,12-13H,8-9,16H2,1-3H3,(H,17,18);1H. The van der Waals surface area contributed by atoms with Crippen molar-refractivity contribution in [3.05, 3.63) is 35.4 Å². The van der Waals surface area contributed by atoms with Gasteiger partial charge in [0.15, 0.2) is 0 Å². The van der Waals surface area contributed by atoms with Crippen LogP contribution in [0.1, 0.15) is 37.4 Å². The summed E-state index contributed by atoms with van der Waals surface area (Å²) in [4.78, 5) is 12.0. The highest BCUT2D eigenvalue weighted by atomic mass is 35.5. The van der Waals surface area contributed by atoms with Crippen molar-refractivity contribution in [3.63, 3.8) is 0 Å². The van der Waals surface area contributed by atoms with Crippen molar-refractivity contribution in [2.75, 3.05) is 13.7 Å². The largest absolute Gasteiger partial charge is 0.383 e. The molecular formula is C15H23ClN2O2. The lowest BCUT2D eigenvalue weighted by atomic mass is 9.86. The summed E-state index contributed by atoms with van der Waals surface area (Å²) in [5.74, 6) is -0.153. The van der Waals surface area contributed by atoms with E-state index in [1.807, 2.05) is 12.1 Å². The number of carbonyl (C=O) groups is 1. The normalized spacial score (nSPS) is 20.7. The Kier molecular flexibility index (Phi) is 5.57. The number of methoxy groups -OCH3 is 1. The average molecular weight is 299 g/mol. The van der Waals surface area contributed by atoms with Crippen molar-refractivity contribution in [2.24, 2.45) is 5.73 Å². The molecule has 0 aromatic heterocycles. The van der Waals surface area contributed by atoms with Crippen LogP contribution in [0.4, 0.5) is 0 Å². The molecule has 0 bridgehead atoms. The zero-order valence-electron chi connectivity index (χ0n) is 12.2. The van der Waals surface area contributed by atoms with Gasteiger partial charge in [-0.1, -0.05) is 38.1 Å². The number of nitrogens with one attached hydrogen (secondary N) is 1. The Balaban J connectivity index is 0.00000200. The molecule has 1 aromatic rings. The van der Waals surface area contributed by atoms with E-state index in [-0.39, 0.29) is 36.4 Å². The molecule has 1 aliphatic rings. The summed E-state index contributed by atoms with van der Waals surface area (Å²) in [5.41, 5.74) is 8.35. The maximum Gasteiger partial charge on any atom is 0.239 e. The highest BCUT2D eigenvalue weighted by molar-refractivity contribution is 5.85. The van der Waals surface area contributed by atoms with Gasteiger partial charge in [-0.2, -0.15) is 0 Å². The maximum atomic E-state index is 12.0. The number of amides is 1. The van der Waals surface area contributed by atoms with E-state index < -0.39 is 6.04 Å². The van der Waals surface area contributed by atoms with Crippen molar-refractivity contribution in [1.29, 1.82) is 0 Å². The molecule has 2 rings (SSSR count). The van der Waals surface area contributed by atoms with E-state index in [4.69, 9.17) is 10.5 Å². The molecule has 0 spiro atoms. The third-order valence-corrected chi connectivity index (χ3v) is 3.78. The fourth-order valence-electron chi connectivity index (χ4n) is 2.81. The van der Waals surface area contributed by atoms with Crippen LogP contribution in [-0.4, -0.2) is 25.7 Å². The lowest BCUT2D eigenvalue weighted by Crippen LogP contribution is -2.44. The first-order chi connectivity index (χ1) is 8.95. The predicted molar refractivity (Wildman–Crippen MR) is 82.1 cm³/mol. The lowest BCUT2D eigenvalue weighted by molar-refractivity contribution is -0.124. The van der Waals surface area contributed by atoms with E-state index in [0.29, 0.717) is 0 Å². The molecule has 5 heteroatoms. The summed E-state index contributed by atoms with van der Waals surface area (Å²) >= 11 is 0. The van der Waals surface area contributed by atoms with Gasteiger partial charge in [-0.3, -0.25) is 4.79 Å². The van der Waals surface area contributed by atoms with Crippen LogP contribution in [0.3, 0.4) is 0 Å². The quantitative estimate of drug-likeness (QED) is 0.892. The van der Waals surface area contributed by atoms with E-state index in [2.05, 4.69) is 31.3 Å². The predicted octanol–water partition coefficient (Wildman–Crippen LogP) is 1.92. The summed E-state index contributed by atoms with van der Waals surface area (Å²) in [6.45, 7) is 4.64. The Morgan fingerprint density at radius 1 is 1.50 bits per heavy atom. The molecule has 2 unspecified atom stereocenters. The van der Waals surface area contributed by atoms with Crippen LogP contribution in [0.5, 0.6) is 0 Å². The Labute approximate surface area is 126 Å². The van der Waals surface area contributed by atoms with Gasteiger partial charge in [0, 0.05) is 7.11 Å². The molecule has 1 aliphatic carbocycles. The van der Waals surface area contributed by atoms with Gasteiger partial charge in [-0.05, 0) is 23.0 Å². The first-order valence-electron chi connectivity index (χ1n) is 6.60. The van der Waals surface area contributed by atoms with E-state index in [9.17, 15) is 4.79 Å². The fraction of sp³-hybridized carbons (Fsp3) is 0.533. The van der Waals surface area contributed by atoms with Gasteiger partial charge in [0.1, 0.15) is 6.04 Å². The van der Waals surface area contributed by atoms with Gasteiger partial charge in [0.2, 0.25) is 5.91 Å². The molecule has 4 nitrogen and oxygen atoms in total. The first-order valence-corrected chi connectivity index (χ1v) is 6.60. The van der Waals surface area contributed by atoms with Crippen molar-refractivity contribution < 1.29 is 9.53 Å². The fourth-order valence-corrected chi connectivity index (χ4v) is 2.81. The molecule has 0 radical (unpaired) electrons. The minimum atomic E-state index is -0.610. The number of hydrogen-bond donors (Lipinski definition) is 2. The Morgan fingerprint density at radius 3 is 2.80 bits per heavy atom. The Bertz CT molecular complexity index is 477. The molecule has 2 atom stereocenters. The smallest absolute Gasteiger partial charge is 0.239 e. The molecule has 0 saturated heterocycles. The summed E-state index contributed by atoms with van der Waals surface area (Å²) in [6.07, 6.45) is 0.901. The van der Waals surface area contributed by atoms with Crippen LogP contribution in [0.2, 0.25) is 0 Å². The summed E-state index contributed by atoms with van der Waals surface area (Å²) in [5, 5.41) is 3.03. The molecule has 20 heavy (non-hydrogen) atoms. The zero-order chi connectivity index (χ0) is 14.0. The van der Waals surface area contributed by atoms with Crippen LogP contribution in [0.25, 0.3) is 0 Å². The number of carbonyl (C=O) groups excluding carboxylic acids is 1. The average Bonchev–Trinajstić information content (AvgIpc) is 2.62. The van der Waals surface area contributed by atoms with Crippen molar-refractivity contribution in [2.45, 2.75) is 37.8 Å². The number of fused-ring (bicyclic) bond motifs is 1. The van der Waals surface area contributed by atoms with E-state index in [1.54, 1.807) is 7.11 Å². The molecule has 0 saturated carbocycles. The monoisotopic (exact) mass is 298 g/mol. The first kappa shape index (κ1) is 17.0. The van der Waals surface area contributed by atoms with Gasteiger partial charge in [0.05, 0.1) is 12.6 Å². The third kappa shape index (κ3) is 3.32. The topological polar surface area (TPSA) is 64.3 Å². The number of halogens is 1. The number of ether oxygens (including phenoxy) is 1. The summed E-state index contributed by atoms with van der Waals surface area (Å²) in [6, 6.07) is 7.70. The van der Waals surface area contributed by atoms with Gasteiger partial charge in [-0.15, -0.1) is 12.4 Å². The Morgan fingerprint density at radius 2 is 2.15 bits per heavy atom. The SMILES string of the molecule is COCC(N)C(=O)NC1CC(C)(C)c2ccccc21.Cl. The number of hydrogen-bond acceptors (Lipinski definition) is 3. The highest BCUT2D eigenvalue weighted by Gasteiger charge is 2.37. The van der Waals surface area contributed by atoms with Crippen LogP contribution >= 0.6 is 12.4 Å². The molecule has 3 N–H and O–H groups in total. The van der Waals surface area contributed by atoms with Gasteiger partial charge in [-0.25, -0.2) is 0 Å². The number of nitrogens with two attached hydrogens (primary N) is 1. The van der Waals surface area contributed by atoms with E-state index in [1.165, 1.54) is 11.1 Å². The minimum Gasteiger partial charge on any atom is -0.383 e. The van der Waals surface area contributed by atoms with Crippen molar-refractivity contribution in [1.82, 2.24) is 5.32 Å². The molecular weight excluding hydrogens is 276 g/mol. The second-order valence-corrected chi connectivity index (χ2v) is 5.80. The van der Waals surface area contributed by atoms with Crippen LogP contribution < -0.4 is 11.1 Å². The van der Waals surface area contributed by atoms with Gasteiger partial charge in [0.25, 0.3) is 0 Å². The third-order valence-electron chi connectivity index (χ3n) is 3.78. The second-order valence-electron chi connectivity index (χ2n) is 5.80. The van der Waals surface area contributed by atoms with Crippen molar-refractivity contribution in [3.8, 4) is 0 Å². The van der Waals surface area contributed by atoms with E-state index >= 15 is 0 Å². The van der Waals surface area contributed by atoms with Crippen molar-refractivity contribution >= 4 is 18.3 Å². The lowest BCUT2D eigenvalue weighted by Gasteiger charge is -2.20. The van der Waals surface area contributed by atoms with Gasteiger partial charge < -0.3 is 15.8 Å². The van der Waals surface area contributed by atoms with Crippen LogP contribution in [-0.2, 0) is 14.9 Å². The molecule has 1 amide bonds. The highest BCUT2D eigenvalue weighted by Crippen LogP contribution is 2.44. The molecule has 0 fully saturated rings. The molecule has 1 aromatic carbocycles. The Hall–Kier alpha value is -1.10. The molecule has 112 valence electrons. The molecule has 0 aliphatic heterocycles. The second kappa shape index (κ2) is 6.57. The molecule has 0 heterocycles. The summed E-state index contributed by atoms with van der Waals surface area (Å²) < 4.78 is 4.91. The number of benzene rings is 1. The van der Waals surface area contributed by atoms with Gasteiger partial charge >= 0.3 is 0 Å². The van der Waals surface area contributed by atoms with Crippen LogP contribution in [0, 0.1) is 0 Å². The zero-order valence-corrected chi connectivity index (χ0v) is 13.0. The van der Waals surface area contributed by atoms with E-state index in [0.717, 1.165) is 6.42 Å². The minimum absolute atomic E-state index is 0. The number of rotatable bonds is 4.